The molecule has 0 fully saturated rings. The second-order valence-corrected chi connectivity index (χ2v) is 6.54. The highest BCUT2D eigenvalue weighted by molar-refractivity contribution is 5.92. The Morgan fingerprint density at radius 3 is 2.70 bits per heavy atom. The first kappa shape index (κ1) is 18.7. The fourth-order valence-electron chi connectivity index (χ4n) is 3.46. The highest BCUT2D eigenvalue weighted by Gasteiger charge is 2.27. The Morgan fingerprint density at radius 1 is 1.26 bits per heavy atom. The van der Waals surface area contributed by atoms with Crippen LogP contribution in [0.3, 0.4) is 0 Å². The molecule has 27 heavy (non-hydrogen) atoms. The van der Waals surface area contributed by atoms with Crippen molar-refractivity contribution < 1.29 is 14.3 Å². The van der Waals surface area contributed by atoms with Gasteiger partial charge in [-0.1, -0.05) is 6.07 Å². The fraction of sp³-hybridized carbons (Fsp3) is 0.333. The van der Waals surface area contributed by atoms with Crippen molar-refractivity contribution in [2.75, 3.05) is 32.6 Å². The van der Waals surface area contributed by atoms with Crippen LogP contribution < -0.4 is 14.8 Å². The van der Waals surface area contributed by atoms with Crippen LogP contribution in [0.2, 0.25) is 0 Å². The summed E-state index contributed by atoms with van der Waals surface area (Å²) < 4.78 is 10.8. The van der Waals surface area contributed by atoms with E-state index in [9.17, 15) is 4.79 Å². The van der Waals surface area contributed by atoms with Gasteiger partial charge in [-0.25, -0.2) is 0 Å². The maximum Gasteiger partial charge on any atom is 0.238 e. The topological polar surface area (TPSA) is 74.6 Å². The number of nitrogens with zero attached hydrogens (tertiary/aromatic N) is 2. The van der Waals surface area contributed by atoms with Crippen LogP contribution in [-0.2, 0) is 11.2 Å². The molecule has 140 valence electrons. The summed E-state index contributed by atoms with van der Waals surface area (Å²) in [6.45, 7) is 3.16. The van der Waals surface area contributed by atoms with Gasteiger partial charge in [0.15, 0.2) is 11.5 Å². The van der Waals surface area contributed by atoms with Gasteiger partial charge >= 0.3 is 0 Å². The minimum absolute atomic E-state index is 0.0877. The maximum absolute atomic E-state index is 12.5. The van der Waals surface area contributed by atoms with Crippen LogP contribution in [0.1, 0.15) is 29.7 Å². The molecule has 1 heterocycles. The molecule has 1 unspecified atom stereocenters. The van der Waals surface area contributed by atoms with Crippen molar-refractivity contribution >= 4 is 11.6 Å². The molecular formula is C21H23N3O3. The lowest BCUT2D eigenvalue weighted by Crippen LogP contribution is -2.39. The van der Waals surface area contributed by atoms with Crippen molar-refractivity contribution in [1.29, 1.82) is 5.26 Å². The summed E-state index contributed by atoms with van der Waals surface area (Å²) in [6.07, 6.45) is 0.844. The van der Waals surface area contributed by atoms with E-state index < -0.39 is 0 Å². The molecule has 1 atom stereocenters. The number of hydrogen-bond acceptors (Lipinski definition) is 5. The van der Waals surface area contributed by atoms with Gasteiger partial charge in [-0.2, -0.15) is 5.26 Å². The van der Waals surface area contributed by atoms with Crippen molar-refractivity contribution in [1.82, 2.24) is 4.90 Å². The molecule has 0 spiro atoms. The number of amides is 1. The molecule has 6 nitrogen and oxygen atoms in total. The summed E-state index contributed by atoms with van der Waals surface area (Å²) in [5, 5.41) is 11.8. The van der Waals surface area contributed by atoms with Gasteiger partial charge in [-0.3, -0.25) is 9.69 Å². The van der Waals surface area contributed by atoms with Gasteiger partial charge in [0.05, 0.1) is 32.4 Å². The molecule has 6 heteroatoms. The summed E-state index contributed by atoms with van der Waals surface area (Å²) in [6, 6.07) is 13.1. The maximum atomic E-state index is 12.5. The van der Waals surface area contributed by atoms with Gasteiger partial charge in [0.1, 0.15) is 0 Å². The van der Waals surface area contributed by atoms with Crippen molar-refractivity contribution in [3.8, 4) is 17.6 Å². The standard InChI is InChI=1S/C21H23N3O3/c1-14-18-11-20(27-3)19(26-2)10-16(18)7-8-24(14)13-21(25)23-17-6-4-5-15(9-17)12-22/h4-6,9-11,14H,7-8,13H2,1-3H3,(H,23,25). The first-order valence-corrected chi connectivity index (χ1v) is 8.84. The van der Waals surface area contributed by atoms with Crippen LogP contribution in [0.5, 0.6) is 11.5 Å². The first-order chi connectivity index (χ1) is 13.0. The number of carbonyl (C=O) groups excluding carboxylic acids is 1. The summed E-state index contributed by atoms with van der Waals surface area (Å²) in [5.41, 5.74) is 3.53. The summed E-state index contributed by atoms with van der Waals surface area (Å²) >= 11 is 0. The number of carbonyl (C=O) groups is 1. The molecule has 0 bridgehead atoms. The summed E-state index contributed by atoms with van der Waals surface area (Å²) in [7, 11) is 3.26. The Hall–Kier alpha value is -3.04. The highest BCUT2D eigenvalue weighted by atomic mass is 16.5. The summed E-state index contributed by atoms with van der Waals surface area (Å²) in [5.74, 6) is 1.33. The minimum atomic E-state index is -0.0964. The molecule has 0 aromatic heterocycles. The molecule has 1 aliphatic heterocycles. The number of ether oxygens (including phenoxy) is 2. The lowest BCUT2D eigenvalue weighted by molar-refractivity contribution is -0.117. The average Bonchev–Trinajstić information content (AvgIpc) is 2.69. The Labute approximate surface area is 159 Å². The number of methoxy groups -OCH3 is 2. The number of fused-ring (bicyclic) bond motifs is 1. The van der Waals surface area contributed by atoms with E-state index in [1.54, 1.807) is 38.5 Å². The van der Waals surface area contributed by atoms with Crippen LogP contribution in [0.25, 0.3) is 0 Å². The predicted molar refractivity (Wildman–Crippen MR) is 103 cm³/mol. The van der Waals surface area contributed by atoms with E-state index in [0.29, 0.717) is 17.0 Å². The Balaban J connectivity index is 1.72. The number of benzene rings is 2. The van der Waals surface area contributed by atoms with Gasteiger partial charge in [-0.05, 0) is 54.8 Å². The van der Waals surface area contributed by atoms with Gasteiger partial charge in [-0.15, -0.1) is 0 Å². The van der Waals surface area contributed by atoms with Crippen LogP contribution in [-0.4, -0.2) is 38.1 Å². The second kappa shape index (κ2) is 8.11. The molecule has 1 aliphatic rings. The number of nitrogens with one attached hydrogen (secondary N) is 1. The quantitative estimate of drug-likeness (QED) is 0.881. The van der Waals surface area contributed by atoms with E-state index in [1.165, 1.54) is 5.56 Å². The van der Waals surface area contributed by atoms with Crippen LogP contribution in [0.4, 0.5) is 5.69 Å². The van der Waals surface area contributed by atoms with Crippen molar-refractivity contribution in [3.63, 3.8) is 0 Å². The van der Waals surface area contributed by atoms with Crippen LogP contribution >= 0.6 is 0 Å². The Bertz CT molecular complexity index is 889. The Morgan fingerprint density at radius 2 is 2.00 bits per heavy atom. The average molecular weight is 365 g/mol. The molecule has 2 aromatic carbocycles. The largest absolute Gasteiger partial charge is 0.493 e. The fourth-order valence-corrected chi connectivity index (χ4v) is 3.46. The molecular weight excluding hydrogens is 342 g/mol. The van der Waals surface area contributed by atoms with Crippen molar-refractivity contribution in [3.05, 3.63) is 53.1 Å². The molecule has 0 saturated heterocycles. The van der Waals surface area contributed by atoms with Crippen LogP contribution in [0, 0.1) is 11.3 Å². The van der Waals surface area contributed by atoms with E-state index in [4.69, 9.17) is 14.7 Å². The third-order valence-corrected chi connectivity index (χ3v) is 4.93. The van der Waals surface area contributed by atoms with Gasteiger partial charge < -0.3 is 14.8 Å². The van der Waals surface area contributed by atoms with Gasteiger partial charge in [0.2, 0.25) is 5.91 Å². The molecule has 3 rings (SSSR count). The van der Waals surface area contributed by atoms with Crippen molar-refractivity contribution in [2.45, 2.75) is 19.4 Å². The highest BCUT2D eigenvalue weighted by Crippen LogP contribution is 2.37. The lowest BCUT2D eigenvalue weighted by atomic mass is 9.93. The smallest absolute Gasteiger partial charge is 0.238 e. The van der Waals surface area contributed by atoms with E-state index in [0.717, 1.165) is 24.3 Å². The third-order valence-electron chi connectivity index (χ3n) is 4.93. The van der Waals surface area contributed by atoms with Crippen molar-refractivity contribution in [2.24, 2.45) is 0 Å². The zero-order valence-corrected chi connectivity index (χ0v) is 15.8. The van der Waals surface area contributed by atoms with Gasteiger partial charge in [0, 0.05) is 18.3 Å². The molecule has 0 aliphatic carbocycles. The first-order valence-electron chi connectivity index (χ1n) is 8.84. The number of anilines is 1. The second-order valence-electron chi connectivity index (χ2n) is 6.54. The zero-order chi connectivity index (χ0) is 19.4. The van der Waals surface area contributed by atoms with Gasteiger partial charge in [0.25, 0.3) is 0 Å². The number of nitriles is 1. The monoisotopic (exact) mass is 365 g/mol. The van der Waals surface area contributed by atoms with Crippen LogP contribution in [0.15, 0.2) is 36.4 Å². The SMILES string of the molecule is COc1cc2c(cc1OC)C(C)N(CC(=O)Nc1cccc(C#N)c1)CC2. The zero-order valence-electron chi connectivity index (χ0n) is 15.8. The normalized spacial score (nSPS) is 16.1. The van der Waals surface area contributed by atoms with E-state index in [-0.39, 0.29) is 18.5 Å². The van der Waals surface area contributed by atoms with E-state index in [1.807, 2.05) is 12.1 Å². The molecule has 1 amide bonds. The van der Waals surface area contributed by atoms with E-state index in [2.05, 4.69) is 23.2 Å². The Kier molecular flexibility index (Phi) is 5.63. The molecule has 1 N–H and O–H groups in total. The third kappa shape index (κ3) is 4.04. The molecule has 2 aromatic rings. The summed E-state index contributed by atoms with van der Waals surface area (Å²) in [4.78, 5) is 14.6. The number of hydrogen-bond donors (Lipinski definition) is 1. The minimum Gasteiger partial charge on any atom is -0.493 e. The number of rotatable bonds is 5. The molecule has 0 saturated carbocycles. The molecule has 0 radical (unpaired) electrons. The lowest BCUT2D eigenvalue weighted by Gasteiger charge is -2.35. The predicted octanol–water partition coefficient (Wildman–Crippen LogP) is 3.13. The van der Waals surface area contributed by atoms with E-state index >= 15 is 0 Å².